The highest BCUT2D eigenvalue weighted by atomic mass is 19.4. The molecule has 16 heteroatoms. The van der Waals surface area contributed by atoms with Crippen molar-refractivity contribution >= 4 is 17.6 Å². The largest absolute Gasteiger partial charge is 0.444 e. The predicted octanol–water partition coefficient (Wildman–Crippen LogP) is 5.66. The first-order valence-corrected chi connectivity index (χ1v) is 12.5. The molecule has 3 rings (SSSR count). The molecule has 0 saturated carbocycles. The fourth-order valence-corrected chi connectivity index (χ4v) is 4.04. The number of amides is 1. The molecule has 0 saturated heterocycles. The molecule has 224 valence electrons. The van der Waals surface area contributed by atoms with Gasteiger partial charge in [-0.25, -0.2) is 9.78 Å². The Balaban J connectivity index is 2.28. The Labute approximate surface area is 226 Å². The van der Waals surface area contributed by atoms with Crippen LogP contribution in [0.5, 0.6) is 0 Å². The van der Waals surface area contributed by atoms with Gasteiger partial charge in [-0.2, -0.15) is 26.3 Å². The molecule has 3 heterocycles. The van der Waals surface area contributed by atoms with Crippen LogP contribution in [-0.2, 0) is 21.3 Å². The Bertz CT molecular complexity index is 1180. The first kappa shape index (κ1) is 31.4. The molecular formula is C24H31F6N5O5. The van der Waals surface area contributed by atoms with Gasteiger partial charge in [0.05, 0.1) is 12.3 Å². The number of ether oxygens (including phenoxy) is 2. The number of methoxy groups -OCH3 is 1. The number of hydrogen-bond donors (Lipinski definition) is 2. The van der Waals surface area contributed by atoms with E-state index in [9.17, 15) is 36.2 Å². The zero-order chi connectivity index (χ0) is 29.9. The van der Waals surface area contributed by atoms with Gasteiger partial charge in [0.25, 0.3) is 11.8 Å². The summed E-state index contributed by atoms with van der Waals surface area (Å²) in [7, 11) is 1.38. The molecule has 4 bridgehead atoms. The van der Waals surface area contributed by atoms with Crippen LogP contribution in [0.4, 0.5) is 42.6 Å². The quantitative estimate of drug-likeness (QED) is 0.439. The average molecular weight is 584 g/mol. The number of pyridine rings is 1. The monoisotopic (exact) mass is 583 g/mol. The first-order valence-electron chi connectivity index (χ1n) is 12.5. The number of aromatic nitrogens is 3. The Morgan fingerprint density at radius 2 is 1.80 bits per heavy atom. The number of hydrogen-bond acceptors (Lipinski definition) is 9. The molecule has 2 aromatic rings. The number of nitrogens with zero attached hydrogens (tertiary/aromatic N) is 4. The van der Waals surface area contributed by atoms with Crippen LogP contribution in [0.2, 0.25) is 0 Å². The lowest BCUT2D eigenvalue weighted by molar-refractivity contribution is -0.277. The number of carbonyl (C=O) groups is 1. The zero-order valence-corrected chi connectivity index (χ0v) is 22.4. The van der Waals surface area contributed by atoms with Crippen LogP contribution in [0.1, 0.15) is 64.3 Å². The molecule has 0 aromatic carbocycles. The van der Waals surface area contributed by atoms with Crippen LogP contribution >= 0.6 is 0 Å². The number of carbonyl (C=O) groups excluding carboxylic acids is 1. The van der Waals surface area contributed by atoms with E-state index in [1.807, 2.05) is 0 Å². The molecule has 0 radical (unpaired) electrons. The number of anilines is 2. The molecule has 0 spiro atoms. The topological polar surface area (TPSA) is 123 Å². The van der Waals surface area contributed by atoms with E-state index in [1.54, 1.807) is 0 Å². The van der Waals surface area contributed by atoms with E-state index in [0.29, 0.717) is 18.9 Å². The molecule has 1 atom stereocenters. The first-order chi connectivity index (χ1) is 18.5. The number of halogens is 6. The van der Waals surface area contributed by atoms with Crippen LogP contribution < -0.4 is 10.2 Å². The number of fused-ring (bicyclic) bond motifs is 5. The maximum atomic E-state index is 14.3. The highest BCUT2D eigenvalue weighted by molar-refractivity contribution is 5.90. The number of nitrogens with one attached hydrogen (secondary N) is 1. The second-order valence-electron chi connectivity index (χ2n) is 10.3. The molecule has 0 aliphatic carbocycles. The Hall–Kier alpha value is -3.14. The van der Waals surface area contributed by atoms with Gasteiger partial charge in [0, 0.05) is 20.2 Å². The van der Waals surface area contributed by atoms with Gasteiger partial charge in [-0.3, -0.25) is 5.32 Å². The molecule has 1 unspecified atom stereocenters. The molecule has 1 amide bonds. The average Bonchev–Trinajstić information content (AvgIpc) is 3.30. The normalized spacial score (nSPS) is 19.2. The molecule has 1 aliphatic rings. The fraction of sp³-hybridized carbons (Fsp3) is 0.667. The van der Waals surface area contributed by atoms with E-state index in [2.05, 4.69) is 20.5 Å². The third-order valence-corrected chi connectivity index (χ3v) is 5.98. The van der Waals surface area contributed by atoms with Crippen molar-refractivity contribution in [2.75, 3.05) is 37.0 Å². The smallest absolute Gasteiger partial charge is 0.426 e. The lowest BCUT2D eigenvalue weighted by Crippen LogP contribution is -2.42. The maximum absolute atomic E-state index is 14.3. The van der Waals surface area contributed by atoms with Gasteiger partial charge >= 0.3 is 18.4 Å². The van der Waals surface area contributed by atoms with Crippen molar-refractivity contribution in [1.82, 2.24) is 15.2 Å². The van der Waals surface area contributed by atoms with E-state index in [0.717, 1.165) is 0 Å². The highest BCUT2D eigenvalue weighted by Crippen LogP contribution is 2.45. The van der Waals surface area contributed by atoms with Crippen LogP contribution in [0.15, 0.2) is 10.5 Å². The van der Waals surface area contributed by atoms with Gasteiger partial charge in [0.2, 0.25) is 5.60 Å². The van der Waals surface area contributed by atoms with E-state index in [4.69, 9.17) is 13.9 Å². The lowest BCUT2D eigenvalue weighted by Gasteiger charge is -2.29. The van der Waals surface area contributed by atoms with Gasteiger partial charge < -0.3 is 23.9 Å². The van der Waals surface area contributed by atoms with Crippen molar-refractivity contribution in [3.8, 4) is 11.6 Å². The Morgan fingerprint density at radius 3 is 2.40 bits per heavy atom. The Morgan fingerprint density at radius 1 is 1.12 bits per heavy atom. The van der Waals surface area contributed by atoms with Gasteiger partial charge in [-0.15, -0.1) is 10.2 Å². The van der Waals surface area contributed by atoms with Gasteiger partial charge in [0.15, 0.2) is 5.69 Å². The highest BCUT2D eigenvalue weighted by Gasteiger charge is 2.58. The molecule has 0 fully saturated rings. The van der Waals surface area contributed by atoms with Crippen molar-refractivity contribution in [2.24, 2.45) is 0 Å². The summed E-state index contributed by atoms with van der Waals surface area (Å²) in [5, 5.41) is 19.7. The molecule has 1 aliphatic heterocycles. The lowest BCUT2D eigenvalue weighted by atomic mass is 9.95. The molecular weight excluding hydrogens is 552 g/mol. The summed E-state index contributed by atoms with van der Waals surface area (Å²) in [6.45, 7) is 4.70. The van der Waals surface area contributed by atoms with E-state index in [-0.39, 0.29) is 32.5 Å². The van der Waals surface area contributed by atoms with Crippen molar-refractivity contribution < 1.29 is 50.1 Å². The summed E-state index contributed by atoms with van der Waals surface area (Å²) in [6.07, 6.45) is -11.2. The van der Waals surface area contributed by atoms with E-state index < -0.39 is 70.6 Å². The standard InChI is InChI=1S/C24H31F6N5O5/c1-21(2,3)40-20(36)31-15-13-14(23(25,26)27)17-32-16(15)18-33-34-19(39-18)22(37,24(28,29)30)9-7-5-6-8-10-35(17)11-12-38-4/h13,37H,5-12H2,1-4H3,(H,31,36). The van der Waals surface area contributed by atoms with E-state index in [1.165, 1.54) is 32.8 Å². The molecule has 2 aromatic heterocycles. The van der Waals surface area contributed by atoms with Crippen LogP contribution in [-0.4, -0.2) is 65.0 Å². The molecule has 2 N–H and O–H groups in total. The van der Waals surface area contributed by atoms with Crippen molar-refractivity contribution in [3.63, 3.8) is 0 Å². The van der Waals surface area contributed by atoms with Crippen molar-refractivity contribution in [3.05, 3.63) is 17.5 Å². The van der Waals surface area contributed by atoms with Gasteiger partial charge in [-0.05, 0) is 46.1 Å². The fourth-order valence-electron chi connectivity index (χ4n) is 4.04. The second-order valence-corrected chi connectivity index (χ2v) is 10.3. The van der Waals surface area contributed by atoms with E-state index >= 15 is 0 Å². The predicted molar refractivity (Wildman–Crippen MR) is 130 cm³/mol. The van der Waals surface area contributed by atoms with Crippen LogP contribution in [0, 0.1) is 0 Å². The zero-order valence-electron chi connectivity index (χ0n) is 22.4. The summed E-state index contributed by atoms with van der Waals surface area (Å²) < 4.78 is 100. The number of alkyl halides is 6. The van der Waals surface area contributed by atoms with Crippen LogP contribution in [0.25, 0.3) is 11.6 Å². The summed E-state index contributed by atoms with van der Waals surface area (Å²) in [5.41, 5.74) is -6.90. The summed E-state index contributed by atoms with van der Waals surface area (Å²) in [6, 6.07) is 0.576. The van der Waals surface area contributed by atoms with Crippen molar-refractivity contribution in [2.45, 2.75) is 76.4 Å². The summed E-state index contributed by atoms with van der Waals surface area (Å²) in [5.74, 6) is -2.52. The maximum Gasteiger partial charge on any atom is 0.426 e. The second kappa shape index (κ2) is 11.8. The minimum absolute atomic E-state index is 0.00771. The van der Waals surface area contributed by atoms with Gasteiger partial charge in [0.1, 0.15) is 17.0 Å². The summed E-state index contributed by atoms with van der Waals surface area (Å²) >= 11 is 0. The number of aliphatic hydroxyl groups is 1. The van der Waals surface area contributed by atoms with Crippen LogP contribution in [0.3, 0.4) is 0 Å². The minimum atomic E-state index is -5.19. The van der Waals surface area contributed by atoms with Crippen molar-refractivity contribution in [1.29, 1.82) is 0 Å². The Kier molecular flexibility index (Phi) is 9.23. The molecule has 40 heavy (non-hydrogen) atoms. The number of rotatable bonds is 4. The third kappa shape index (κ3) is 7.33. The molecule has 10 nitrogen and oxygen atoms in total. The SMILES string of the molecule is COCCN1CCCCCCC(O)(C(F)(F)F)c2nnc(o2)-c2nc1c(C(F)(F)F)cc2NC(=O)OC(C)(C)C. The third-order valence-electron chi connectivity index (χ3n) is 5.98. The van der Waals surface area contributed by atoms with Gasteiger partial charge in [-0.1, -0.05) is 12.8 Å². The summed E-state index contributed by atoms with van der Waals surface area (Å²) in [4.78, 5) is 17.9. The minimum Gasteiger partial charge on any atom is -0.444 e.